The molecule has 8 nitrogen and oxygen atoms in total. The number of benzene rings is 2. The molecule has 0 aromatic heterocycles. The van der Waals surface area contributed by atoms with Crippen molar-refractivity contribution in [2.45, 2.75) is 26.8 Å². The van der Waals surface area contributed by atoms with Gasteiger partial charge in [-0.1, -0.05) is 25.3 Å². The van der Waals surface area contributed by atoms with Crippen LogP contribution in [0.4, 0.5) is 11.4 Å². The molecule has 180 valence electrons. The van der Waals surface area contributed by atoms with Crippen LogP contribution in [0.15, 0.2) is 82.4 Å². The van der Waals surface area contributed by atoms with E-state index >= 15 is 0 Å². The van der Waals surface area contributed by atoms with E-state index in [1.807, 2.05) is 11.8 Å². The Hall–Kier alpha value is -4.46. The molecule has 8 heteroatoms. The number of ether oxygens (including phenoxy) is 2. The van der Waals surface area contributed by atoms with Crippen molar-refractivity contribution in [1.29, 1.82) is 0 Å². The predicted molar refractivity (Wildman–Crippen MR) is 133 cm³/mol. The molecule has 0 spiro atoms. The van der Waals surface area contributed by atoms with Crippen molar-refractivity contribution >= 4 is 23.3 Å². The first kappa shape index (κ1) is 25.2. The molecule has 1 unspecified atom stereocenters. The van der Waals surface area contributed by atoms with E-state index < -0.39 is 28.5 Å². The number of esters is 2. The molecular formula is C27H25NO7. The molecule has 3 aromatic rings. The minimum Gasteiger partial charge on any atom is -0.503 e. The molecule has 0 heterocycles. The van der Waals surface area contributed by atoms with Gasteiger partial charge in [-0.2, -0.15) is 0 Å². The van der Waals surface area contributed by atoms with E-state index in [-0.39, 0.29) is 29.4 Å². The van der Waals surface area contributed by atoms with Crippen molar-refractivity contribution < 1.29 is 24.2 Å². The molecule has 0 aliphatic rings. The van der Waals surface area contributed by atoms with Gasteiger partial charge in [0.15, 0.2) is 5.75 Å². The molecule has 0 radical (unpaired) electrons. The maximum Gasteiger partial charge on any atom is 0.338 e. The lowest BCUT2D eigenvalue weighted by molar-refractivity contribution is -0.139. The van der Waals surface area contributed by atoms with Crippen LogP contribution in [0, 0.1) is 0 Å². The Labute approximate surface area is 202 Å². The summed E-state index contributed by atoms with van der Waals surface area (Å²) in [6.45, 7) is 12.2. The minimum absolute atomic E-state index is 0.0137. The standard InChI is InChI=1S/C27H25NO7/c1-15(2)26(32)34-14-17(5)28(20-10-12-21(13-11-20)35-27(33)16(3)4)19-8-6-18(7-9-19)22-23(29)25(31)24(22)30/h6-13,17,29H,1,3,14H2,2,4-5H3. The van der Waals surface area contributed by atoms with Gasteiger partial charge in [-0.05, 0) is 62.7 Å². The molecule has 0 amide bonds. The van der Waals surface area contributed by atoms with E-state index in [2.05, 4.69) is 13.2 Å². The minimum atomic E-state index is -0.897. The number of carbonyl (C=O) groups excluding carboxylic acids is 2. The van der Waals surface area contributed by atoms with Crippen molar-refractivity contribution in [2.24, 2.45) is 0 Å². The van der Waals surface area contributed by atoms with Gasteiger partial charge in [0.1, 0.15) is 12.4 Å². The summed E-state index contributed by atoms with van der Waals surface area (Å²) in [6.07, 6.45) is 0. The lowest BCUT2D eigenvalue weighted by atomic mass is 9.99. The van der Waals surface area contributed by atoms with Gasteiger partial charge in [0, 0.05) is 22.5 Å². The molecule has 0 aliphatic carbocycles. The van der Waals surface area contributed by atoms with E-state index in [9.17, 15) is 24.3 Å². The van der Waals surface area contributed by atoms with Crippen LogP contribution in [0.1, 0.15) is 20.8 Å². The van der Waals surface area contributed by atoms with Crippen LogP contribution >= 0.6 is 0 Å². The number of carbonyl (C=O) groups is 2. The summed E-state index contributed by atoms with van der Waals surface area (Å²) in [4.78, 5) is 48.7. The van der Waals surface area contributed by atoms with Crippen LogP contribution in [0.2, 0.25) is 0 Å². The average Bonchev–Trinajstić information content (AvgIpc) is 2.84. The Morgan fingerprint density at radius 1 is 0.886 bits per heavy atom. The smallest absolute Gasteiger partial charge is 0.338 e. The van der Waals surface area contributed by atoms with E-state index in [4.69, 9.17) is 9.47 Å². The first-order valence-electron chi connectivity index (χ1n) is 10.7. The third kappa shape index (κ3) is 5.38. The van der Waals surface area contributed by atoms with E-state index in [0.29, 0.717) is 22.7 Å². The molecule has 1 N–H and O–H groups in total. The summed E-state index contributed by atoms with van der Waals surface area (Å²) in [7, 11) is 0. The van der Waals surface area contributed by atoms with Crippen molar-refractivity contribution in [3.05, 3.63) is 93.3 Å². The zero-order chi connectivity index (χ0) is 25.9. The van der Waals surface area contributed by atoms with E-state index in [1.165, 1.54) is 0 Å². The first-order valence-corrected chi connectivity index (χ1v) is 10.7. The largest absolute Gasteiger partial charge is 0.503 e. The topological polar surface area (TPSA) is 110 Å². The Balaban J connectivity index is 1.92. The fraction of sp³-hybridized carbons (Fsp3) is 0.185. The maximum absolute atomic E-state index is 11.9. The van der Waals surface area contributed by atoms with Gasteiger partial charge >= 0.3 is 11.9 Å². The number of rotatable bonds is 9. The van der Waals surface area contributed by atoms with Gasteiger partial charge in [-0.15, -0.1) is 0 Å². The lowest BCUT2D eigenvalue weighted by Crippen LogP contribution is -2.33. The maximum atomic E-state index is 11.9. The molecular weight excluding hydrogens is 450 g/mol. The van der Waals surface area contributed by atoms with Crippen molar-refractivity contribution in [3.63, 3.8) is 0 Å². The average molecular weight is 475 g/mol. The molecule has 3 rings (SSSR count). The van der Waals surface area contributed by atoms with Gasteiger partial charge in [0.2, 0.25) is 5.43 Å². The Kier molecular flexibility index (Phi) is 7.34. The summed E-state index contributed by atoms with van der Waals surface area (Å²) in [5, 5.41) is 9.74. The predicted octanol–water partition coefficient (Wildman–Crippen LogP) is 3.78. The summed E-state index contributed by atoms with van der Waals surface area (Å²) in [6, 6.07) is 13.1. The van der Waals surface area contributed by atoms with Crippen LogP contribution in [-0.2, 0) is 14.3 Å². The third-order valence-electron chi connectivity index (χ3n) is 5.24. The highest BCUT2D eigenvalue weighted by Crippen LogP contribution is 2.32. The Bertz CT molecular complexity index is 1360. The number of aromatic hydroxyl groups is 1. The van der Waals surface area contributed by atoms with Crippen LogP contribution < -0.4 is 20.5 Å². The van der Waals surface area contributed by atoms with Gasteiger partial charge < -0.3 is 19.5 Å². The molecule has 35 heavy (non-hydrogen) atoms. The first-order chi connectivity index (χ1) is 16.5. The molecule has 0 bridgehead atoms. The monoisotopic (exact) mass is 475 g/mol. The van der Waals surface area contributed by atoms with Gasteiger partial charge in [0.05, 0.1) is 11.6 Å². The third-order valence-corrected chi connectivity index (χ3v) is 5.24. The molecule has 0 fully saturated rings. The summed E-state index contributed by atoms with van der Waals surface area (Å²) in [5.74, 6) is -1.25. The number of hydrogen-bond donors (Lipinski definition) is 1. The fourth-order valence-electron chi connectivity index (χ4n) is 3.36. The van der Waals surface area contributed by atoms with E-state index in [0.717, 1.165) is 0 Å². The Morgan fingerprint density at radius 3 is 1.89 bits per heavy atom. The van der Waals surface area contributed by atoms with E-state index in [1.54, 1.807) is 62.4 Å². The lowest BCUT2D eigenvalue weighted by Gasteiger charge is -2.31. The Morgan fingerprint density at radius 2 is 1.40 bits per heavy atom. The number of hydrogen-bond acceptors (Lipinski definition) is 8. The van der Waals surface area contributed by atoms with Crippen LogP contribution in [0.3, 0.4) is 0 Å². The van der Waals surface area contributed by atoms with Crippen LogP contribution in [-0.4, -0.2) is 29.7 Å². The SMILES string of the molecule is C=C(C)C(=O)OCC(C)N(c1ccc(OC(=O)C(=C)C)cc1)c1ccc(-c2c(O)c(=O)c2=O)cc1. The summed E-state index contributed by atoms with van der Waals surface area (Å²) < 4.78 is 10.6. The van der Waals surface area contributed by atoms with Crippen LogP contribution in [0.25, 0.3) is 11.1 Å². The molecule has 3 aromatic carbocycles. The quantitative estimate of drug-likeness (QED) is 0.215. The van der Waals surface area contributed by atoms with Crippen molar-refractivity contribution in [1.82, 2.24) is 0 Å². The zero-order valence-corrected chi connectivity index (χ0v) is 19.7. The van der Waals surface area contributed by atoms with Gasteiger partial charge in [0.25, 0.3) is 5.43 Å². The van der Waals surface area contributed by atoms with Crippen molar-refractivity contribution in [2.75, 3.05) is 11.5 Å². The second-order valence-electron chi connectivity index (χ2n) is 8.19. The number of nitrogens with zero attached hydrogens (tertiary/aromatic N) is 1. The highest BCUT2D eigenvalue weighted by atomic mass is 16.5. The van der Waals surface area contributed by atoms with Gasteiger partial charge in [-0.25, -0.2) is 9.59 Å². The zero-order valence-electron chi connectivity index (χ0n) is 19.7. The highest BCUT2D eigenvalue weighted by Gasteiger charge is 2.23. The summed E-state index contributed by atoms with van der Waals surface area (Å²) in [5.41, 5.74) is 0.736. The second-order valence-corrected chi connectivity index (χ2v) is 8.19. The normalized spacial score (nSPS) is 11.5. The highest BCUT2D eigenvalue weighted by molar-refractivity contribution is 5.89. The molecule has 0 aliphatic heterocycles. The summed E-state index contributed by atoms with van der Waals surface area (Å²) >= 11 is 0. The van der Waals surface area contributed by atoms with Crippen molar-refractivity contribution in [3.8, 4) is 22.6 Å². The van der Waals surface area contributed by atoms with Gasteiger partial charge in [-0.3, -0.25) is 9.59 Å². The molecule has 0 saturated carbocycles. The van der Waals surface area contributed by atoms with Crippen LogP contribution in [0.5, 0.6) is 11.5 Å². The molecule has 1 atom stereocenters. The molecule has 0 saturated heterocycles. The second kappa shape index (κ2) is 10.2. The number of anilines is 2. The fourth-order valence-corrected chi connectivity index (χ4v) is 3.36.